The van der Waals surface area contributed by atoms with Gasteiger partial charge in [-0.15, -0.1) is 0 Å². The fourth-order valence-electron chi connectivity index (χ4n) is 1.60. The van der Waals surface area contributed by atoms with Crippen LogP contribution in [0, 0.1) is 10.1 Å². The van der Waals surface area contributed by atoms with Crippen molar-refractivity contribution < 1.29 is 19.2 Å². The largest absolute Gasteiger partial charge is 0.496 e. The summed E-state index contributed by atoms with van der Waals surface area (Å²) in [4.78, 5) is 10.2. The van der Waals surface area contributed by atoms with E-state index in [1.165, 1.54) is 19.2 Å². The number of methoxy groups -OCH3 is 1. The third-order valence-electron chi connectivity index (χ3n) is 2.48. The zero-order valence-electron chi connectivity index (χ0n) is 9.62. The van der Waals surface area contributed by atoms with Crippen LogP contribution in [0.2, 0.25) is 0 Å². The molecule has 0 radical (unpaired) electrons. The summed E-state index contributed by atoms with van der Waals surface area (Å²) in [5, 5.41) is 19.6. The molecule has 0 bridgehead atoms. The van der Waals surface area contributed by atoms with Crippen LogP contribution in [0.4, 0.5) is 5.69 Å². The van der Waals surface area contributed by atoms with Crippen molar-refractivity contribution in [1.29, 1.82) is 0 Å². The summed E-state index contributed by atoms with van der Waals surface area (Å²) in [5.74, 6) is 1.26. The number of rotatable bonds is 4. The number of hydrogen-bond acceptors (Lipinski definition) is 5. The van der Waals surface area contributed by atoms with E-state index in [9.17, 15) is 10.1 Å². The van der Waals surface area contributed by atoms with Crippen LogP contribution in [0.25, 0.3) is 11.3 Å². The van der Waals surface area contributed by atoms with Gasteiger partial charge < -0.3 is 14.3 Å². The number of ether oxygens (including phenoxy) is 1. The van der Waals surface area contributed by atoms with Crippen LogP contribution in [0.5, 0.6) is 5.75 Å². The Hall–Kier alpha value is -2.34. The van der Waals surface area contributed by atoms with Crippen LogP contribution in [0.15, 0.2) is 34.7 Å². The van der Waals surface area contributed by atoms with Gasteiger partial charge in [-0.1, -0.05) is 0 Å². The molecule has 1 aromatic heterocycles. The molecule has 0 fully saturated rings. The maximum Gasteiger partial charge on any atom is 0.273 e. The van der Waals surface area contributed by atoms with Gasteiger partial charge in [0.1, 0.15) is 23.9 Å². The molecular weight excluding hydrogens is 238 g/mol. The van der Waals surface area contributed by atoms with Gasteiger partial charge in [-0.2, -0.15) is 0 Å². The molecule has 0 aliphatic carbocycles. The topological polar surface area (TPSA) is 85.7 Å². The van der Waals surface area contributed by atoms with E-state index in [0.717, 1.165) is 0 Å². The number of benzene rings is 1. The van der Waals surface area contributed by atoms with Gasteiger partial charge in [-0.05, 0) is 18.2 Å². The molecule has 1 aromatic carbocycles. The highest BCUT2D eigenvalue weighted by Gasteiger charge is 2.15. The summed E-state index contributed by atoms with van der Waals surface area (Å²) in [6, 6.07) is 7.57. The zero-order valence-corrected chi connectivity index (χ0v) is 9.62. The normalized spacial score (nSPS) is 10.3. The monoisotopic (exact) mass is 249 g/mol. The molecule has 2 rings (SSSR count). The summed E-state index contributed by atoms with van der Waals surface area (Å²) >= 11 is 0. The van der Waals surface area contributed by atoms with Crippen molar-refractivity contribution in [1.82, 2.24) is 0 Å². The summed E-state index contributed by atoms with van der Waals surface area (Å²) in [6.45, 7) is -0.199. The highest BCUT2D eigenvalue weighted by molar-refractivity contribution is 5.68. The number of non-ortho nitro benzene ring substituents is 1. The molecule has 6 nitrogen and oxygen atoms in total. The first-order chi connectivity index (χ1) is 8.65. The standard InChI is InChI=1S/C12H11NO5/c1-17-12-6-8(13(15)16)2-4-10(12)11-5-3-9(7-14)18-11/h2-6,14H,7H2,1H3. The zero-order chi connectivity index (χ0) is 13.1. The van der Waals surface area contributed by atoms with Crippen LogP contribution >= 0.6 is 0 Å². The maximum absolute atomic E-state index is 10.7. The average molecular weight is 249 g/mol. The quantitative estimate of drug-likeness (QED) is 0.664. The molecule has 0 atom stereocenters. The smallest absolute Gasteiger partial charge is 0.273 e. The van der Waals surface area contributed by atoms with E-state index in [4.69, 9.17) is 14.3 Å². The van der Waals surface area contributed by atoms with Gasteiger partial charge in [0.25, 0.3) is 5.69 Å². The van der Waals surface area contributed by atoms with Crippen LogP contribution in [0.3, 0.4) is 0 Å². The molecule has 94 valence electrons. The molecular formula is C12H11NO5. The predicted octanol–water partition coefficient (Wildman–Crippen LogP) is 2.36. The van der Waals surface area contributed by atoms with E-state index in [0.29, 0.717) is 22.8 Å². The van der Waals surface area contributed by atoms with Gasteiger partial charge in [-0.25, -0.2) is 0 Å². The minimum atomic E-state index is -0.492. The number of nitrogens with zero attached hydrogens (tertiary/aromatic N) is 1. The van der Waals surface area contributed by atoms with Crippen molar-refractivity contribution in [2.45, 2.75) is 6.61 Å². The molecule has 0 saturated carbocycles. The van der Waals surface area contributed by atoms with Crippen molar-refractivity contribution in [3.63, 3.8) is 0 Å². The number of furan rings is 1. The van der Waals surface area contributed by atoms with Crippen molar-refractivity contribution in [2.75, 3.05) is 7.11 Å². The van der Waals surface area contributed by atoms with Crippen molar-refractivity contribution >= 4 is 5.69 Å². The van der Waals surface area contributed by atoms with Gasteiger partial charge in [0.15, 0.2) is 0 Å². The second-order valence-corrected chi connectivity index (χ2v) is 3.57. The Balaban J connectivity index is 2.47. The Bertz CT molecular complexity index is 576. The Morgan fingerprint density at radius 1 is 1.39 bits per heavy atom. The molecule has 2 aromatic rings. The lowest BCUT2D eigenvalue weighted by Crippen LogP contribution is -1.92. The van der Waals surface area contributed by atoms with E-state index < -0.39 is 4.92 Å². The van der Waals surface area contributed by atoms with E-state index >= 15 is 0 Å². The number of nitro groups is 1. The third kappa shape index (κ3) is 2.18. The van der Waals surface area contributed by atoms with Gasteiger partial charge in [-0.3, -0.25) is 10.1 Å². The van der Waals surface area contributed by atoms with Crippen molar-refractivity contribution in [3.05, 3.63) is 46.2 Å². The number of aliphatic hydroxyl groups excluding tert-OH is 1. The lowest BCUT2D eigenvalue weighted by Gasteiger charge is -2.05. The summed E-state index contributed by atoms with van der Waals surface area (Å²) < 4.78 is 10.5. The fraction of sp³-hybridized carbons (Fsp3) is 0.167. The van der Waals surface area contributed by atoms with Crippen LogP contribution in [0.1, 0.15) is 5.76 Å². The molecule has 6 heteroatoms. The minimum Gasteiger partial charge on any atom is -0.496 e. The van der Waals surface area contributed by atoms with Crippen LogP contribution in [-0.4, -0.2) is 17.1 Å². The van der Waals surface area contributed by atoms with Gasteiger partial charge >= 0.3 is 0 Å². The highest BCUT2D eigenvalue weighted by Crippen LogP contribution is 2.34. The molecule has 0 spiro atoms. The van der Waals surface area contributed by atoms with Crippen molar-refractivity contribution in [2.24, 2.45) is 0 Å². The first kappa shape index (κ1) is 12.1. The highest BCUT2D eigenvalue weighted by atomic mass is 16.6. The minimum absolute atomic E-state index is 0.0514. The molecule has 1 heterocycles. The average Bonchev–Trinajstić information content (AvgIpc) is 2.86. The summed E-state index contributed by atoms with van der Waals surface area (Å²) in [7, 11) is 1.43. The number of hydrogen-bond donors (Lipinski definition) is 1. The molecule has 1 N–H and O–H groups in total. The van der Waals surface area contributed by atoms with E-state index in [1.54, 1.807) is 18.2 Å². The van der Waals surface area contributed by atoms with E-state index in [1.807, 2.05) is 0 Å². The number of aliphatic hydroxyl groups is 1. The summed E-state index contributed by atoms with van der Waals surface area (Å²) in [6.07, 6.45) is 0. The Labute approximate surface area is 103 Å². The Morgan fingerprint density at radius 2 is 2.17 bits per heavy atom. The predicted molar refractivity (Wildman–Crippen MR) is 63.3 cm³/mol. The van der Waals surface area contributed by atoms with Crippen molar-refractivity contribution in [3.8, 4) is 17.1 Å². The lowest BCUT2D eigenvalue weighted by atomic mass is 10.1. The van der Waals surface area contributed by atoms with E-state index in [-0.39, 0.29) is 12.3 Å². The first-order valence-electron chi connectivity index (χ1n) is 5.18. The second-order valence-electron chi connectivity index (χ2n) is 3.57. The number of nitro benzene ring substituents is 1. The third-order valence-corrected chi connectivity index (χ3v) is 2.48. The maximum atomic E-state index is 10.7. The molecule has 18 heavy (non-hydrogen) atoms. The first-order valence-corrected chi connectivity index (χ1v) is 5.18. The summed E-state index contributed by atoms with van der Waals surface area (Å²) in [5.41, 5.74) is 0.548. The lowest BCUT2D eigenvalue weighted by molar-refractivity contribution is -0.384. The fourth-order valence-corrected chi connectivity index (χ4v) is 1.60. The van der Waals surface area contributed by atoms with Gasteiger partial charge in [0, 0.05) is 6.07 Å². The molecule has 0 saturated heterocycles. The van der Waals surface area contributed by atoms with E-state index in [2.05, 4.69) is 0 Å². The Kier molecular flexibility index (Phi) is 3.29. The molecule has 0 aliphatic rings. The molecule has 0 aliphatic heterocycles. The van der Waals surface area contributed by atoms with Crippen LogP contribution in [-0.2, 0) is 6.61 Å². The molecule has 0 unspecified atom stereocenters. The SMILES string of the molecule is COc1cc([N+](=O)[O-])ccc1-c1ccc(CO)o1. The van der Waals surface area contributed by atoms with Crippen LogP contribution < -0.4 is 4.74 Å². The second kappa shape index (κ2) is 4.89. The molecule has 0 amide bonds. The Morgan fingerprint density at radius 3 is 2.72 bits per heavy atom. The van der Waals surface area contributed by atoms with Gasteiger partial charge in [0.2, 0.25) is 0 Å². The van der Waals surface area contributed by atoms with Gasteiger partial charge in [0.05, 0.1) is 23.7 Å².